The predicted molar refractivity (Wildman–Crippen MR) is 86.0 cm³/mol. The molecule has 0 atom stereocenters. The summed E-state index contributed by atoms with van der Waals surface area (Å²) in [6, 6.07) is 10.9. The minimum atomic E-state index is -0.428. The molecule has 2 aromatic carbocycles. The van der Waals surface area contributed by atoms with Crippen LogP contribution in [-0.4, -0.2) is 18.4 Å². The second-order valence-electron chi connectivity index (χ2n) is 4.97. The third-order valence-corrected chi connectivity index (χ3v) is 3.03. The topological polar surface area (TPSA) is 67.4 Å². The second kappa shape index (κ2) is 7.40. The van der Waals surface area contributed by atoms with Crippen LogP contribution in [0.5, 0.6) is 5.75 Å². The quantitative estimate of drug-likeness (QED) is 0.890. The van der Waals surface area contributed by atoms with Crippen LogP contribution in [0.15, 0.2) is 42.5 Å². The lowest BCUT2D eigenvalue weighted by molar-refractivity contribution is -0.118. The van der Waals surface area contributed by atoms with E-state index in [0.29, 0.717) is 17.1 Å². The summed E-state index contributed by atoms with van der Waals surface area (Å²) in [6.45, 7) is 2.89. The lowest BCUT2D eigenvalue weighted by atomic mass is 10.2. The summed E-state index contributed by atoms with van der Waals surface area (Å²) in [6.07, 6.45) is 0. The Labute approximate surface area is 133 Å². The van der Waals surface area contributed by atoms with Gasteiger partial charge in [0.1, 0.15) is 11.6 Å². The van der Waals surface area contributed by atoms with Gasteiger partial charge in [-0.25, -0.2) is 4.39 Å². The van der Waals surface area contributed by atoms with Gasteiger partial charge in [0.15, 0.2) is 6.61 Å². The fraction of sp³-hybridized carbons (Fsp3) is 0.176. The molecule has 0 saturated carbocycles. The van der Waals surface area contributed by atoms with Crippen molar-refractivity contribution in [2.45, 2.75) is 13.8 Å². The zero-order chi connectivity index (χ0) is 16.8. The molecule has 23 heavy (non-hydrogen) atoms. The molecule has 0 saturated heterocycles. The predicted octanol–water partition coefficient (Wildman–Crippen LogP) is 3.11. The van der Waals surface area contributed by atoms with Gasteiger partial charge in [0, 0.05) is 12.6 Å². The van der Waals surface area contributed by atoms with Crippen LogP contribution in [0.2, 0.25) is 0 Å². The van der Waals surface area contributed by atoms with Crippen LogP contribution in [0.25, 0.3) is 0 Å². The normalized spacial score (nSPS) is 10.0. The van der Waals surface area contributed by atoms with E-state index in [0.717, 1.165) is 5.56 Å². The summed E-state index contributed by atoms with van der Waals surface area (Å²) >= 11 is 0. The van der Waals surface area contributed by atoms with Crippen LogP contribution >= 0.6 is 0 Å². The molecule has 0 aliphatic carbocycles. The lowest BCUT2D eigenvalue weighted by Gasteiger charge is -2.12. The first-order chi connectivity index (χ1) is 11.0. The van der Waals surface area contributed by atoms with E-state index in [9.17, 15) is 14.0 Å². The van der Waals surface area contributed by atoms with Gasteiger partial charge in [-0.05, 0) is 36.8 Å². The van der Waals surface area contributed by atoms with Gasteiger partial charge in [-0.3, -0.25) is 9.59 Å². The molecule has 5 nitrogen and oxygen atoms in total. The van der Waals surface area contributed by atoms with E-state index in [1.807, 2.05) is 0 Å². The van der Waals surface area contributed by atoms with Crippen molar-refractivity contribution in [3.05, 3.63) is 53.8 Å². The Bertz CT molecular complexity index is 732. The maximum Gasteiger partial charge on any atom is 0.262 e. The molecule has 0 heterocycles. The fourth-order valence-corrected chi connectivity index (χ4v) is 1.94. The third kappa shape index (κ3) is 4.81. The van der Waals surface area contributed by atoms with Gasteiger partial charge in [-0.2, -0.15) is 0 Å². The summed E-state index contributed by atoms with van der Waals surface area (Å²) in [4.78, 5) is 23.1. The molecule has 6 heteroatoms. The molecule has 2 N–H and O–H groups in total. The van der Waals surface area contributed by atoms with E-state index in [-0.39, 0.29) is 12.5 Å². The number of halogens is 1. The number of benzene rings is 2. The maximum atomic E-state index is 13.2. The number of hydrogen-bond acceptors (Lipinski definition) is 3. The van der Waals surface area contributed by atoms with E-state index >= 15 is 0 Å². The Hall–Kier alpha value is -2.89. The number of ether oxygens (including phenoxy) is 1. The van der Waals surface area contributed by atoms with Crippen molar-refractivity contribution < 1.29 is 18.7 Å². The number of amides is 2. The molecule has 2 aromatic rings. The van der Waals surface area contributed by atoms with Crippen LogP contribution in [0.1, 0.15) is 12.5 Å². The molecular formula is C17H17FN2O3. The highest BCUT2D eigenvalue weighted by Gasteiger charge is 2.09. The van der Waals surface area contributed by atoms with Crippen molar-refractivity contribution in [3.63, 3.8) is 0 Å². The molecule has 0 unspecified atom stereocenters. The van der Waals surface area contributed by atoms with Crippen LogP contribution < -0.4 is 15.4 Å². The first-order valence-electron chi connectivity index (χ1n) is 7.01. The second-order valence-corrected chi connectivity index (χ2v) is 4.97. The molecule has 0 aromatic heterocycles. The Morgan fingerprint density at radius 1 is 1.09 bits per heavy atom. The van der Waals surface area contributed by atoms with E-state index in [2.05, 4.69) is 10.6 Å². The number of anilines is 2. The van der Waals surface area contributed by atoms with Crippen molar-refractivity contribution in [1.82, 2.24) is 0 Å². The van der Waals surface area contributed by atoms with Crippen LogP contribution in [0.3, 0.4) is 0 Å². The van der Waals surface area contributed by atoms with Crippen LogP contribution in [0, 0.1) is 12.7 Å². The van der Waals surface area contributed by atoms with Gasteiger partial charge in [0.25, 0.3) is 5.91 Å². The average molecular weight is 316 g/mol. The summed E-state index contributed by atoms with van der Waals surface area (Å²) < 4.78 is 18.6. The lowest BCUT2D eigenvalue weighted by Crippen LogP contribution is -2.21. The molecule has 2 amide bonds. The largest absolute Gasteiger partial charge is 0.482 e. The highest BCUT2D eigenvalue weighted by Crippen LogP contribution is 2.23. The standard InChI is InChI=1S/C17H17FN2O3/c1-11-7-8-13(18)9-15(11)20-17(22)10-23-16-6-4-3-5-14(16)19-12(2)21/h3-9H,10H2,1-2H3,(H,19,21)(H,20,22). The number of aryl methyl sites for hydroxylation is 1. The molecule has 0 aliphatic heterocycles. The summed E-state index contributed by atoms with van der Waals surface area (Å²) in [5.74, 6) is -0.700. The van der Waals surface area contributed by atoms with Gasteiger partial charge in [0.2, 0.25) is 5.91 Å². The first kappa shape index (κ1) is 16.5. The number of rotatable bonds is 5. The molecule has 0 spiro atoms. The maximum absolute atomic E-state index is 13.2. The van der Waals surface area contributed by atoms with Crippen molar-refractivity contribution in [1.29, 1.82) is 0 Å². The summed E-state index contributed by atoms with van der Waals surface area (Å²) in [5.41, 5.74) is 1.63. The van der Waals surface area contributed by atoms with Crippen molar-refractivity contribution >= 4 is 23.2 Å². The van der Waals surface area contributed by atoms with Crippen molar-refractivity contribution in [2.24, 2.45) is 0 Å². The zero-order valence-corrected chi connectivity index (χ0v) is 12.9. The molecule has 2 rings (SSSR count). The van der Waals surface area contributed by atoms with Crippen LogP contribution in [-0.2, 0) is 9.59 Å². The number of carbonyl (C=O) groups excluding carboxylic acids is 2. The zero-order valence-electron chi connectivity index (χ0n) is 12.9. The van der Waals surface area contributed by atoms with Crippen molar-refractivity contribution in [3.8, 4) is 5.75 Å². The minimum Gasteiger partial charge on any atom is -0.482 e. The van der Waals surface area contributed by atoms with E-state index in [4.69, 9.17) is 4.74 Å². The average Bonchev–Trinajstić information content (AvgIpc) is 2.49. The molecule has 0 aliphatic rings. The van der Waals surface area contributed by atoms with Gasteiger partial charge in [0.05, 0.1) is 5.69 Å². The number of para-hydroxylation sites is 2. The van der Waals surface area contributed by atoms with Gasteiger partial charge in [-0.1, -0.05) is 18.2 Å². The Kier molecular flexibility index (Phi) is 5.30. The highest BCUT2D eigenvalue weighted by atomic mass is 19.1. The van der Waals surface area contributed by atoms with Gasteiger partial charge < -0.3 is 15.4 Å². The first-order valence-corrected chi connectivity index (χ1v) is 7.01. The Morgan fingerprint density at radius 3 is 2.57 bits per heavy atom. The highest BCUT2D eigenvalue weighted by molar-refractivity contribution is 5.93. The van der Waals surface area contributed by atoms with E-state index < -0.39 is 11.7 Å². The third-order valence-electron chi connectivity index (χ3n) is 3.03. The van der Waals surface area contributed by atoms with Gasteiger partial charge >= 0.3 is 0 Å². The van der Waals surface area contributed by atoms with Crippen molar-refractivity contribution in [2.75, 3.05) is 17.2 Å². The van der Waals surface area contributed by atoms with Crippen LogP contribution in [0.4, 0.5) is 15.8 Å². The smallest absolute Gasteiger partial charge is 0.262 e. The number of nitrogens with one attached hydrogen (secondary N) is 2. The fourth-order valence-electron chi connectivity index (χ4n) is 1.94. The molecule has 0 bridgehead atoms. The molecule has 0 fully saturated rings. The van der Waals surface area contributed by atoms with Gasteiger partial charge in [-0.15, -0.1) is 0 Å². The van der Waals surface area contributed by atoms with E-state index in [1.54, 1.807) is 37.3 Å². The summed E-state index contributed by atoms with van der Waals surface area (Å²) in [5, 5.41) is 5.21. The Balaban J connectivity index is 1.99. The molecule has 0 radical (unpaired) electrons. The minimum absolute atomic E-state index is 0.235. The van der Waals surface area contributed by atoms with E-state index in [1.165, 1.54) is 19.1 Å². The number of carbonyl (C=O) groups is 2. The number of hydrogen-bond donors (Lipinski definition) is 2. The molecular weight excluding hydrogens is 299 g/mol. The molecule has 120 valence electrons. The summed E-state index contributed by atoms with van der Waals surface area (Å²) in [7, 11) is 0. The monoisotopic (exact) mass is 316 g/mol. The SMILES string of the molecule is CC(=O)Nc1ccccc1OCC(=O)Nc1cc(F)ccc1C. The Morgan fingerprint density at radius 2 is 1.83 bits per heavy atom.